The summed E-state index contributed by atoms with van der Waals surface area (Å²) in [7, 11) is 0. The Morgan fingerprint density at radius 2 is 2.71 bits per heavy atom. The van der Waals surface area contributed by atoms with E-state index in [4.69, 9.17) is 5.41 Å². The zero-order chi connectivity index (χ0) is 5.28. The van der Waals surface area contributed by atoms with E-state index in [1.54, 1.807) is 0 Å². The Morgan fingerprint density at radius 3 is 2.86 bits per heavy atom. The number of nitrogens with zero attached hydrogens (tertiary/aromatic N) is 1. The van der Waals surface area contributed by atoms with Crippen LogP contribution >= 0.6 is 0 Å². The highest BCUT2D eigenvalue weighted by atomic mass is 17.0. The maximum absolute atomic E-state index is 10.0. The van der Waals surface area contributed by atoms with E-state index in [2.05, 4.69) is 10.1 Å². The van der Waals surface area contributed by atoms with Gasteiger partial charge in [-0.05, 0) is 5.16 Å². The van der Waals surface area contributed by atoms with E-state index in [0.29, 0.717) is 0 Å². The monoisotopic (exact) mass is 101 g/mol. The van der Waals surface area contributed by atoms with Gasteiger partial charge >= 0.3 is 0 Å². The standard InChI is InChI=1S/C2H3N3O2/c3-2-1-4-7-5(2)6/h1,3,5H. The lowest BCUT2D eigenvalue weighted by molar-refractivity contribution is -0.971. The minimum absolute atomic E-state index is 0.194. The highest BCUT2D eigenvalue weighted by Crippen LogP contribution is 1.67. The van der Waals surface area contributed by atoms with Crippen molar-refractivity contribution in [3.8, 4) is 0 Å². The molecule has 0 radical (unpaired) electrons. The summed E-state index contributed by atoms with van der Waals surface area (Å²) in [6.07, 6.45) is 1.06. The number of hydrogen-bond donors (Lipinski definition) is 2. The van der Waals surface area contributed by atoms with Crippen molar-refractivity contribution >= 4 is 12.1 Å². The minimum atomic E-state index is -0.681. The van der Waals surface area contributed by atoms with Crippen LogP contribution in [0.2, 0.25) is 0 Å². The Morgan fingerprint density at radius 1 is 2.00 bits per heavy atom. The summed E-state index contributed by atoms with van der Waals surface area (Å²) in [6, 6.07) is 0. The summed E-state index contributed by atoms with van der Waals surface area (Å²) >= 11 is 0. The van der Waals surface area contributed by atoms with Crippen molar-refractivity contribution in [3.05, 3.63) is 5.21 Å². The summed E-state index contributed by atoms with van der Waals surface area (Å²) in [4.78, 5) is 3.97. The van der Waals surface area contributed by atoms with Crippen LogP contribution in [0.25, 0.3) is 0 Å². The first-order chi connectivity index (χ1) is 3.30. The van der Waals surface area contributed by atoms with Gasteiger partial charge in [0.1, 0.15) is 0 Å². The van der Waals surface area contributed by atoms with Gasteiger partial charge in [-0.15, -0.1) is 5.23 Å². The molecule has 1 aliphatic heterocycles. The smallest absolute Gasteiger partial charge is 0.285 e. The lowest BCUT2D eigenvalue weighted by atomic mass is 10.7. The Bertz CT molecular complexity index is 120. The third-order valence-electron chi connectivity index (χ3n) is 0.537. The highest BCUT2D eigenvalue weighted by Gasteiger charge is 2.10. The molecule has 0 spiro atoms. The van der Waals surface area contributed by atoms with Crippen LogP contribution in [0, 0.1) is 10.6 Å². The Kier molecular flexibility index (Phi) is 0.775. The van der Waals surface area contributed by atoms with Gasteiger partial charge in [-0.2, -0.15) is 4.94 Å². The molecule has 2 N–H and O–H groups in total. The maximum atomic E-state index is 10.0. The number of hydrogen-bond acceptors (Lipinski definition) is 4. The predicted molar refractivity (Wildman–Crippen MR) is 21.6 cm³/mol. The van der Waals surface area contributed by atoms with Gasteiger partial charge in [-0.3, -0.25) is 0 Å². The summed E-state index contributed by atoms with van der Waals surface area (Å²) in [5.74, 6) is -0.194. The fourth-order valence-corrected chi connectivity index (χ4v) is 0.229. The summed E-state index contributed by atoms with van der Waals surface area (Å²) in [5, 5.41) is 19.0. The van der Waals surface area contributed by atoms with Crippen molar-refractivity contribution in [2.75, 3.05) is 0 Å². The fourth-order valence-electron chi connectivity index (χ4n) is 0.229. The fraction of sp³-hybridized carbons (Fsp3) is 0. The van der Waals surface area contributed by atoms with Crippen LogP contribution in [0.1, 0.15) is 0 Å². The molecule has 5 heteroatoms. The molecule has 1 rings (SSSR count). The molecule has 7 heavy (non-hydrogen) atoms. The first kappa shape index (κ1) is 4.23. The van der Waals surface area contributed by atoms with E-state index in [0.717, 1.165) is 6.21 Å². The topological polar surface area (TPSA) is 72.9 Å². The van der Waals surface area contributed by atoms with Crippen molar-refractivity contribution in [2.24, 2.45) is 5.16 Å². The van der Waals surface area contributed by atoms with Gasteiger partial charge in [0.15, 0.2) is 6.21 Å². The molecule has 0 amide bonds. The first-order valence-corrected chi connectivity index (χ1v) is 1.64. The molecule has 5 nitrogen and oxygen atoms in total. The van der Waals surface area contributed by atoms with Gasteiger partial charge in [0.05, 0.1) is 0 Å². The van der Waals surface area contributed by atoms with Crippen molar-refractivity contribution in [3.63, 3.8) is 0 Å². The van der Waals surface area contributed by atoms with Crippen molar-refractivity contribution in [1.82, 2.24) is 0 Å². The number of quaternary nitrogens is 1. The van der Waals surface area contributed by atoms with Gasteiger partial charge in [0.25, 0.3) is 5.84 Å². The summed E-state index contributed by atoms with van der Waals surface area (Å²) < 4.78 is 0. The number of rotatable bonds is 0. The summed E-state index contributed by atoms with van der Waals surface area (Å²) in [5.41, 5.74) is 0. The van der Waals surface area contributed by atoms with Crippen molar-refractivity contribution in [1.29, 1.82) is 5.41 Å². The van der Waals surface area contributed by atoms with Crippen LogP contribution in [0.15, 0.2) is 5.16 Å². The average molecular weight is 101 g/mol. The number of hydroxylamine groups is 2. The van der Waals surface area contributed by atoms with Gasteiger partial charge < -0.3 is 5.21 Å². The van der Waals surface area contributed by atoms with Crippen molar-refractivity contribution in [2.45, 2.75) is 0 Å². The molecular formula is C2H3N3O2. The second kappa shape index (κ2) is 1.28. The Balaban J connectivity index is 2.62. The molecular weight excluding hydrogens is 98.0 g/mol. The van der Waals surface area contributed by atoms with Crippen LogP contribution in [0.3, 0.4) is 0 Å². The molecule has 1 unspecified atom stereocenters. The molecule has 0 aromatic carbocycles. The Labute approximate surface area is 39.2 Å². The average Bonchev–Trinajstić information content (AvgIpc) is 1.91. The molecule has 0 saturated heterocycles. The molecule has 0 aromatic rings. The summed E-state index contributed by atoms with van der Waals surface area (Å²) in [6.45, 7) is 0. The molecule has 0 bridgehead atoms. The van der Waals surface area contributed by atoms with E-state index in [1.807, 2.05) is 0 Å². The first-order valence-electron chi connectivity index (χ1n) is 1.64. The molecule has 0 aliphatic carbocycles. The molecule has 0 saturated carbocycles. The van der Waals surface area contributed by atoms with Crippen LogP contribution in [-0.2, 0) is 4.94 Å². The van der Waals surface area contributed by atoms with Crippen LogP contribution in [0.4, 0.5) is 0 Å². The van der Waals surface area contributed by atoms with Crippen LogP contribution < -0.4 is 5.23 Å². The third kappa shape index (κ3) is 0.577. The third-order valence-corrected chi connectivity index (χ3v) is 0.537. The zero-order valence-electron chi connectivity index (χ0n) is 3.34. The van der Waals surface area contributed by atoms with Crippen LogP contribution in [0.5, 0.6) is 0 Å². The van der Waals surface area contributed by atoms with E-state index in [9.17, 15) is 5.21 Å². The number of oxime groups is 1. The normalized spacial score (nSPS) is 28.1. The molecule has 38 valence electrons. The zero-order valence-corrected chi connectivity index (χ0v) is 3.34. The van der Waals surface area contributed by atoms with E-state index < -0.39 is 5.23 Å². The largest absolute Gasteiger partial charge is 0.582 e. The molecule has 0 aromatic heterocycles. The van der Waals surface area contributed by atoms with Crippen molar-refractivity contribution < 1.29 is 10.2 Å². The predicted octanol–water partition coefficient (Wildman–Crippen LogP) is -1.72. The molecule has 0 fully saturated rings. The van der Waals surface area contributed by atoms with Gasteiger partial charge in [-0.25, -0.2) is 5.41 Å². The minimum Gasteiger partial charge on any atom is -0.582 e. The van der Waals surface area contributed by atoms with E-state index >= 15 is 0 Å². The highest BCUT2D eigenvalue weighted by molar-refractivity contribution is 6.23. The lowest BCUT2D eigenvalue weighted by Crippen LogP contribution is -3.06. The number of amidine groups is 1. The number of nitrogens with one attached hydrogen (secondary N) is 2. The quantitative estimate of drug-likeness (QED) is 0.356. The van der Waals surface area contributed by atoms with E-state index in [-0.39, 0.29) is 5.84 Å². The molecule has 1 atom stereocenters. The van der Waals surface area contributed by atoms with Gasteiger partial charge in [0.2, 0.25) is 0 Å². The SMILES string of the molecule is N=C1C=NO[NH+]1[O-]. The maximum Gasteiger partial charge on any atom is 0.285 e. The lowest BCUT2D eigenvalue weighted by Gasteiger charge is -2.05. The van der Waals surface area contributed by atoms with Gasteiger partial charge in [-0.1, -0.05) is 0 Å². The molecule has 1 aliphatic rings. The van der Waals surface area contributed by atoms with Crippen LogP contribution in [-0.4, -0.2) is 12.1 Å². The second-order valence-corrected chi connectivity index (χ2v) is 1.03. The second-order valence-electron chi connectivity index (χ2n) is 1.03. The van der Waals surface area contributed by atoms with E-state index in [1.165, 1.54) is 0 Å². The van der Waals surface area contributed by atoms with Gasteiger partial charge in [0, 0.05) is 0 Å². The molecule has 1 heterocycles. The Hall–Kier alpha value is -0.940.